The maximum Gasteiger partial charge on any atom is 0.271 e. The number of aromatic nitrogens is 3. The van der Waals surface area contributed by atoms with Crippen LogP contribution in [0.25, 0.3) is 0 Å². The van der Waals surface area contributed by atoms with Crippen LogP contribution < -0.4 is 5.56 Å². The lowest BCUT2D eigenvalue weighted by Crippen LogP contribution is -2.14. The largest absolute Gasteiger partial charge is 0.361 e. The molecule has 1 aliphatic carbocycles. The third-order valence-electron chi connectivity index (χ3n) is 4.79. The van der Waals surface area contributed by atoms with Crippen LogP contribution in [0.2, 0.25) is 0 Å². The van der Waals surface area contributed by atoms with Gasteiger partial charge in [-0.25, -0.2) is 4.99 Å². The van der Waals surface area contributed by atoms with Gasteiger partial charge in [0.15, 0.2) is 5.82 Å². The van der Waals surface area contributed by atoms with Crippen molar-refractivity contribution in [2.45, 2.75) is 57.7 Å². The molecule has 2 aromatic heterocycles. The number of aromatic amines is 1. The van der Waals surface area contributed by atoms with Crippen LogP contribution in [0.4, 0.5) is 5.82 Å². The smallest absolute Gasteiger partial charge is 0.271 e. The molecule has 0 bridgehead atoms. The van der Waals surface area contributed by atoms with Crippen molar-refractivity contribution in [1.29, 1.82) is 0 Å². The van der Waals surface area contributed by atoms with Gasteiger partial charge in [0, 0.05) is 5.56 Å². The number of nitrogens with one attached hydrogen (secondary N) is 1. The van der Waals surface area contributed by atoms with E-state index in [2.05, 4.69) is 10.3 Å². The summed E-state index contributed by atoms with van der Waals surface area (Å²) in [4.78, 5) is 17.4. The van der Waals surface area contributed by atoms with Crippen molar-refractivity contribution in [3.05, 3.63) is 32.9 Å². The molecule has 1 N–H and O–H groups in total. The molecule has 0 aromatic carbocycles. The minimum atomic E-state index is -0.0971. The summed E-state index contributed by atoms with van der Waals surface area (Å²) in [6.45, 7) is 5.82. The molecule has 2 aliphatic rings. The van der Waals surface area contributed by atoms with E-state index < -0.39 is 0 Å². The summed E-state index contributed by atoms with van der Waals surface area (Å²) < 4.78 is 7.32. The molecule has 0 saturated heterocycles. The van der Waals surface area contributed by atoms with E-state index in [4.69, 9.17) is 9.52 Å². The Morgan fingerprint density at radius 1 is 1.22 bits per heavy atom. The van der Waals surface area contributed by atoms with Crippen LogP contribution in [0.1, 0.15) is 66.5 Å². The lowest BCUT2D eigenvalue weighted by atomic mass is 10.0. The van der Waals surface area contributed by atoms with Crippen molar-refractivity contribution in [2.24, 2.45) is 4.99 Å². The van der Waals surface area contributed by atoms with Crippen molar-refractivity contribution >= 4 is 22.6 Å². The number of H-pyrrole nitrogens is 1. The number of rotatable bonds is 2. The fourth-order valence-corrected chi connectivity index (χ4v) is 4.97. The third-order valence-corrected chi connectivity index (χ3v) is 5.93. The van der Waals surface area contributed by atoms with Crippen molar-refractivity contribution in [2.75, 3.05) is 0 Å². The second kappa shape index (κ2) is 5.40. The van der Waals surface area contributed by atoms with E-state index in [1.165, 1.54) is 12.8 Å². The van der Waals surface area contributed by atoms with Gasteiger partial charge in [-0.15, -0.1) is 0 Å². The van der Waals surface area contributed by atoms with Crippen molar-refractivity contribution in [1.82, 2.24) is 14.9 Å². The molecule has 1 aliphatic heterocycles. The molecule has 6 nitrogen and oxygen atoms in total. The summed E-state index contributed by atoms with van der Waals surface area (Å²) >= 11 is 1.60. The molecule has 0 radical (unpaired) electrons. The summed E-state index contributed by atoms with van der Waals surface area (Å²) in [5.74, 6) is 1.57. The minimum absolute atomic E-state index is 0.0411. The Morgan fingerprint density at radius 3 is 2.61 bits per heavy atom. The molecule has 7 heteroatoms. The second-order valence-corrected chi connectivity index (χ2v) is 7.65. The molecule has 1 saturated carbocycles. The Bertz CT molecular complexity index is 819. The predicted molar refractivity (Wildman–Crippen MR) is 90.7 cm³/mol. The fourth-order valence-electron chi connectivity index (χ4n) is 3.70. The molecular weight excluding hydrogens is 312 g/mol. The van der Waals surface area contributed by atoms with Gasteiger partial charge in [-0.1, -0.05) is 29.8 Å². The van der Waals surface area contributed by atoms with E-state index in [0.29, 0.717) is 6.04 Å². The highest BCUT2D eigenvalue weighted by atomic mass is 32.2. The van der Waals surface area contributed by atoms with E-state index in [-0.39, 0.29) is 10.8 Å². The first-order chi connectivity index (χ1) is 11.1. The van der Waals surface area contributed by atoms with Gasteiger partial charge in [0.05, 0.1) is 27.6 Å². The Balaban J connectivity index is 1.89. The quantitative estimate of drug-likeness (QED) is 0.908. The molecule has 4 rings (SSSR count). The van der Waals surface area contributed by atoms with Crippen LogP contribution in [0.15, 0.2) is 14.3 Å². The van der Waals surface area contributed by atoms with Crippen molar-refractivity contribution < 1.29 is 4.52 Å². The number of aliphatic imine (C=N–C) groups is 1. The standard InChI is InChI=1S/C16H20N4O2S/c1-8-12(9(2)22-19-8)14-13-15(17-10(3)23-14)20(18-16(13)21)11-6-4-5-7-11/h11,14H,4-7H2,1-3H3,(H,18,21). The summed E-state index contributed by atoms with van der Waals surface area (Å²) in [5, 5.41) is 7.96. The Morgan fingerprint density at radius 2 is 1.96 bits per heavy atom. The van der Waals surface area contributed by atoms with Gasteiger partial charge < -0.3 is 4.52 Å². The molecule has 1 atom stereocenters. The molecule has 1 fully saturated rings. The van der Waals surface area contributed by atoms with Crippen LogP contribution >= 0.6 is 11.8 Å². The zero-order chi connectivity index (χ0) is 16.1. The topological polar surface area (TPSA) is 76.2 Å². The number of nitrogens with zero attached hydrogens (tertiary/aromatic N) is 3. The number of aryl methyl sites for hydroxylation is 2. The number of thioether (sulfide) groups is 1. The van der Waals surface area contributed by atoms with Crippen molar-refractivity contribution in [3.8, 4) is 0 Å². The van der Waals surface area contributed by atoms with Gasteiger partial charge in [0.1, 0.15) is 5.76 Å². The van der Waals surface area contributed by atoms with Crippen LogP contribution in [-0.4, -0.2) is 20.0 Å². The molecule has 0 amide bonds. The number of fused-ring (bicyclic) bond motifs is 1. The highest BCUT2D eigenvalue weighted by Gasteiger charge is 2.35. The second-order valence-electron chi connectivity index (χ2n) is 6.35. The van der Waals surface area contributed by atoms with Gasteiger partial charge in [0.2, 0.25) is 0 Å². The van der Waals surface area contributed by atoms with Crippen molar-refractivity contribution in [3.63, 3.8) is 0 Å². The predicted octanol–water partition coefficient (Wildman–Crippen LogP) is 3.78. The minimum Gasteiger partial charge on any atom is -0.361 e. The summed E-state index contributed by atoms with van der Waals surface area (Å²) in [6, 6.07) is 0.358. The molecule has 1 unspecified atom stereocenters. The molecule has 2 aromatic rings. The first-order valence-electron chi connectivity index (χ1n) is 8.05. The highest BCUT2D eigenvalue weighted by Crippen LogP contribution is 2.46. The third kappa shape index (κ3) is 2.29. The van der Waals surface area contributed by atoms with Gasteiger partial charge in [-0.2, -0.15) is 0 Å². The number of hydrogen-bond donors (Lipinski definition) is 1. The van der Waals surface area contributed by atoms with E-state index >= 15 is 0 Å². The molecular formula is C16H20N4O2S. The molecule has 3 heterocycles. The summed E-state index contributed by atoms with van der Waals surface area (Å²) in [5.41, 5.74) is 2.54. The lowest BCUT2D eigenvalue weighted by Gasteiger charge is -2.21. The van der Waals surface area contributed by atoms with Gasteiger partial charge in [-0.3, -0.25) is 14.6 Å². The van der Waals surface area contributed by atoms with Gasteiger partial charge in [0.25, 0.3) is 5.56 Å². The molecule has 23 heavy (non-hydrogen) atoms. The highest BCUT2D eigenvalue weighted by molar-refractivity contribution is 8.14. The lowest BCUT2D eigenvalue weighted by molar-refractivity contribution is 0.392. The zero-order valence-electron chi connectivity index (χ0n) is 13.5. The molecule has 122 valence electrons. The number of hydrogen-bond acceptors (Lipinski definition) is 5. The van der Waals surface area contributed by atoms with Crippen LogP contribution in [0.5, 0.6) is 0 Å². The Labute approximate surface area is 138 Å². The maximum atomic E-state index is 12.7. The van der Waals surface area contributed by atoms with Gasteiger partial charge >= 0.3 is 0 Å². The molecule has 0 spiro atoms. The average Bonchev–Trinajstić information content (AvgIpc) is 3.20. The van der Waals surface area contributed by atoms with E-state index in [1.807, 2.05) is 25.5 Å². The maximum absolute atomic E-state index is 12.7. The fraction of sp³-hybridized carbons (Fsp3) is 0.562. The Hall–Kier alpha value is -1.76. The van der Waals surface area contributed by atoms with Crippen LogP contribution in [-0.2, 0) is 0 Å². The first-order valence-corrected chi connectivity index (χ1v) is 8.93. The van der Waals surface area contributed by atoms with Crippen LogP contribution in [0.3, 0.4) is 0 Å². The van der Waals surface area contributed by atoms with Crippen LogP contribution in [0, 0.1) is 13.8 Å². The monoisotopic (exact) mass is 332 g/mol. The van der Waals surface area contributed by atoms with E-state index in [1.54, 1.807) is 11.8 Å². The average molecular weight is 332 g/mol. The summed E-state index contributed by atoms with van der Waals surface area (Å²) in [7, 11) is 0. The Kier molecular flexibility index (Phi) is 3.48. The normalized spacial score (nSPS) is 21.5. The summed E-state index contributed by atoms with van der Waals surface area (Å²) in [6.07, 6.45) is 4.64. The SMILES string of the molecule is CC1=Nc2c(c(=O)[nH]n2C2CCCC2)C(c2c(C)noc2C)S1. The zero-order valence-corrected chi connectivity index (χ0v) is 14.4. The van der Waals surface area contributed by atoms with E-state index in [0.717, 1.165) is 46.3 Å². The first kappa shape index (κ1) is 14.8. The van der Waals surface area contributed by atoms with Gasteiger partial charge in [-0.05, 0) is 33.6 Å². The van der Waals surface area contributed by atoms with E-state index in [9.17, 15) is 4.79 Å².